The van der Waals surface area contributed by atoms with E-state index in [1.165, 1.54) is 22.8 Å². The standard InChI is InChI=1S/C64H77FN12O16/c1-3-64(92)40-27-47-58-38(33-77(47)62(90)39(40)34-93-63(64)91)57-42(21-19-37-35(2)41(65)28-45(74-58)56(37)57)71-49(79)17-12-25-67-50(80)30-69-59(87)44(20-18-36-13-6-4-7-14-36)73-52(82)32-68-51(81)31-70-60(88)46(29-55(85)86)75-61(89)43(15-9-10-24-66)72-48(78)16-8-5-11-26-76-53(83)22-23-54(76)84/h4,6-7,13-14,22-23,27-28,42-44,46,92H,3,5,8-12,15-21,24-26,29-34,66H2,1-2H3,(H,67,80)(H,68,81)(H,69,87)(H,70,88)(H,71,79)(H,72,78)(H,73,82)(H,75,89)(H,85,86)/t42-,43-,44-,46-,64-/m0/s1. The second kappa shape index (κ2) is 31.5. The number of amides is 10. The van der Waals surface area contributed by atoms with Gasteiger partial charge in [0.15, 0.2) is 5.60 Å². The lowest BCUT2D eigenvalue weighted by molar-refractivity contribution is -0.172. The van der Waals surface area contributed by atoms with Crippen LogP contribution < -0.4 is 53.8 Å². The van der Waals surface area contributed by atoms with Crippen molar-refractivity contribution in [3.63, 3.8) is 0 Å². The Bertz CT molecular complexity index is 3690. The smallest absolute Gasteiger partial charge is 0.343 e. The number of esters is 1. The highest BCUT2D eigenvalue weighted by Gasteiger charge is 2.46. The molecular formula is C64H77FN12O16. The Balaban J connectivity index is 0.796. The van der Waals surface area contributed by atoms with Gasteiger partial charge < -0.3 is 67.8 Å². The van der Waals surface area contributed by atoms with Crippen molar-refractivity contribution in [2.75, 3.05) is 39.3 Å². The molecule has 8 rings (SSSR count). The minimum atomic E-state index is -2.06. The van der Waals surface area contributed by atoms with Crippen LogP contribution in [0.5, 0.6) is 0 Å². The van der Waals surface area contributed by atoms with E-state index in [9.17, 15) is 72.5 Å². The summed E-state index contributed by atoms with van der Waals surface area (Å²) in [6.45, 7) is 1.52. The number of aliphatic hydroxyl groups is 1. The van der Waals surface area contributed by atoms with Crippen molar-refractivity contribution < 1.29 is 76.9 Å². The Morgan fingerprint density at radius 1 is 0.742 bits per heavy atom. The molecule has 0 saturated carbocycles. The van der Waals surface area contributed by atoms with Crippen molar-refractivity contribution in [2.45, 2.75) is 153 Å². The number of nitrogens with two attached hydrogens (primary N) is 1. The van der Waals surface area contributed by atoms with Gasteiger partial charge in [-0.25, -0.2) is 14.2 Å². The zero-order valence-electron chi connectivity index (χ0n) is 51.7. The second-order valence-corrected chi connectivity index (χ2v) is 23.3. The monoisotopic (exact) mass is 1290 g/mol. The van der Waals surface area contributed by atoms with Crippen molar-refractivity contribution in [3.8, 4) is 11.4 Å². The van der Waals surface area contributed by atoms with Crippen molar-refractivity contribution >= 4 is 81.9 Å². The Hall–Kier alpha value is -9.77. The molecule has 496 valence electrons. The van der Waals surface area contributed by atoms with Gasteiger partial charge in [0, 0.05) is 60.7 Å². The number of carbonyl (C=O) groups is 12. The molecule has 0 radical (unpaired) electrons. The number of cyclic esters (lactones) is 1. The number of pyridine rings is 2. The molecule has 4 aliphatic rings. The number of benzene rings is 2. The molecular weight excluding hydrogens is 1210 g/mol. The van der Waals surface area contributed by atoms with Crippen LogP contribution in [0.1, 0.15) is 135 Å². The number of carbonyl (C=O) groups excluding carboxylic acids is 11. The third kappa shape index (κ3) is 17.0. The number of halogens is 1. The number of nitrogens with zero attached hydrogens (tertiary/aromatic N) is 3. The van der Waals surface area contributed by atoms with E-state index < -0.39 is 132 Å². The normalized spacial score (nSPS) is 16.8. The topological polar surface area (TPSA) is 415 Å². The fraction of sp³-hybridized carbons (Fsp3) is 0.469. The molecule has 10 amide bonds. The summed E-state index contributed by atoms with van der Waals surface area (Å²) >= 11 is 0. The molecule has 29 heteroatoms. The zero-order valence-corrected chi connectivity index (χ0v) is 51.7. The van der Waals surface area contributed by atoms with Crippen molar-refractivity contribution in [1.29, 1.82) is 0 Å². The molecule has 93 heavy (non-hydrogen) atoms. The molecule has 2 aromatic carbocycles. The molecule has 5 atom stereocenters. The van der Waals surface area contributed by atoms with E-state index in [1.807, 2.05) is 12.1 Å². The first-order valence-corrected chi connectivity index (χ1v) is 31.1. The van der Waals surface area contributed by atoms with Gasteiger partial charge in [0.1, 0.15) is 30.5 Å². The highest BCUT2D eigenvalue weighted by Crippen LogP contribution is 2.46. The third-order valence-corrected chi connectivity index (χ3v) is 16.9. The summed E-state index contributed by atoms with van der Waals surface area (Å²) in [5.74, 6) is -9.53. The molecule has 1 aliphatic carbocycles. The van der Waals surface area contributed by atoms with Crippen LogP contribution in [0.15, 0.2) is 59.4 Å². The maximum atomic E-state index is 15.5. The molecule has 28 nitrogen and oxygen atoms in total. The summed E-state index contributed by atoms with van der Waals surface area (Å²) in [5.41, 5.74) is 7.64. The summed E-state index contributed by atoms with van der Waals surface area (Å²) in [5, 5.41) is 42.0. The summed E-state index contributed by atoms with van der Waals surface area (Å²) < 4.78 is 22.2. The number of hydrogen-bond donors (Lipinski definition) is 11. The van der Waals surface area contributed by atoms with Crippen LogP contribution >= 0.6 is 0 Å². The molecule has 12 N–H and O–H groups in total. The number of carboxylic acid groups (broad SMARTS) is 1. The van der Waals surface area contributed by atoms with Crippen LogP contribution in [0.25, 0.3) is 22.3 Å². The first-order valence-electron chi connectivity index (χ1n) is 31.1. The first-order chi connectivity index (χ1) is 44.5. The van der Waals surface area contributed by atoms with Crippen LogP contribution in [0.2, 0.25) is 0 Å². The minimum absolute atomic E-state index is 0.0152. The Morgan fingerprint density at radius 2 is 1.41 bits per heavy atom. The number of unbranched alkanes of at least 4 members (excludes halogenated alkanes) is 3. The molecule has 0 bridgehead atoms. The minimum Gasteiger partial charge on any atom is -0.481 e. The highest BCUT2D eigenvalue weighted by atomic mass is 19.1. The largest absolute Gasteiger partial charge is 0.481 e. The molecule has 3 aliphatic heterocycles. The van der Waals surface area contributed by atoms with E-state index in [0.29, 0.717) is 90.3 Å². The van der Waals surface area contributed by atoms with Crippen LogP contribution in [0.3, 0.4) is 0 Å². The third-order valence-electron chi connectivity index (χ3n) is 16.9. The number of ether oxygens (including phenoxy) is 1. The molecule has 0 spiro atoms. The quantitative estimate of drug-likeness (QED) is 0.0150. The SMILES string of the molecule is CC[C@@]1(O)C(=O)OCc2c1cc1n(c2=O)Cc2c-1nc1cc(F)c(C)c3c1c2[C@@H](NC(=O)CCCNC(=O)CNC(=O)[C@H](CCc1ccccc1)NC(=O)CNC(=O)CNC(=O)[C@H](CC(=O)O)NC(=O)[C@H](CCCCN)NC(=O)CCCCCN1C(=O)C=CC1=O)CC3. The number of rotatable bonds is 33. The van der Waals surface area contributed by atoms with Crippen molar-refractivity contribution in [1.82, 2.24) is 57.0 Å². The Morgan fingerprint density at radius 3 is 2.11 bits per heavy atom. The fourth-order valence-electron chi connectivity index (χ4n) is 11.9. The first kappa shape index (κ1) is 69.1. The number of aromatic nitrogens is 2. The van der Waals surface area contributed by atoms with E-state index in [-0.39, 0.29) is 88.3 Å². The summed E-state index contributed by atoms with van der Waals surface area (Å²) in [6, 6.07) is 7.20. The zero-order chi connectivity index (χ0) is 67.1. The van der Waals surface area contributed by atoms with Gasteiger partial charge in [-0.1, -0.05) is 43.7 Å². The Labute approximate surface area is 533 Å². The van der Waals surface area contributed by atoms with Crippen molar-refractivity contribution in [3.05, 3.63) is 110 Å². The highest BCUT2D eigenvalue weighted by molar-refractivity contribution is 6.13. The predicted molar refractivity (Wildman–Crippen MR) is 330 cm³/mol. The number of hydrogen-bond acceptors (Lipinski definition) is 17. The van der Waals surface area contributed by atoms with E-state index in [4.69, 9.17) is 15.5 Å². The van der Waals surface area contributed by atoms with Gasteiger partial charge in [-0.2, -0.15) is 0 Å². The average Bonchev–Trinajstić information content (AvgIpc) is 1.62. The fourth-order valence-corrected chi connectivity index (χ4v) is 11.9. The lowest BCUT2D eigenvalue weighted by atomic mass is 9.81. The number of nitrogens with one attached hydrogen (secondary N) is 8. The van der Waals surface area contributed by atoms with E-state index in [1.54, 1.807) is 38.1 Å². The van der Waals surface area contributed by atoms with Crippen LogP contribution in [0.4, 0.5) is 4.39 Å². The molecule has 4 aromatic rings. The van der Waals surface area contributed by atoms with Crippen LogP contribution in [-0.2, 0) is 93.9 Å². The van der Waals surface area contributed by atoms with Crippen molar-refractivity contribution in [2.24, 2.45) is 5.73 Å². The number of imide groups is 1. The molecule has 2 aromatic heterocycles. The number of fused-ring (bicyclic) bond motifs is 5. The molecule has 0 fully saturated rings. The summed E-state index contributed by atoms with van der Waals surface area (Å²) in [4.78, 5) is 174. The number of carboxylic acids is 1. The van der Waals surface area contributed by atoms with Gasteiger partial charge in [0.25, 0.3) is 17.4 Å². The number of aryl methyl sites for hydroxylation is 2. The average molecular weight is 1290 g/mol. The van der Waals surface area contributed by atoms with E-state index >= 15 is 4.39 Å². The molecule has 0 saturated heterocycles. The summed E-state index contributed by atoms with van der Waals surface area (Å²) in [7, 11) is 0. The predicted octanol–water partition coefficient (Wildman–Crippen LogP) is 0.0519. The van der Waals surface area contributed by atoms with Crippen LogP contribution in [-0.4, -0.2) is 153 Å². The van der Waals surface area contributed by atoms with Gasteiger partial charge >= 0.3 is 11.9 Å². The lowest BCUT2D eigenvalue weighted by Gasteiger charge is -2.31. The van der Waals surface area contributed by atoms with Gasteiger partial charge in [0.05, 0.1) is 61.1 Å². The molecule has 5 heterocycles. The van der Waals surface area contributed by atoms with Gasteiger partial charge in [-0.3, -0.25) is 62.4 Å². The number of aliphatic carboxylic acids is 1. The maximum absolute atomic E-state index is 15.5. The summed E-state index contributed by atoms with van der Waals surface area (Å²) in [6.07, 6.45) is 4.95. The second-order valence-electron chi connectivity index (χ2n) is 23.3. The van der Waals surface area contributed by atoms with E-state index in [0.717, 1.165) is 16.0 Å². The van der Waals surface area contributed by atoms with Gasteiger partial charge in [0.2, 0.25) is 47.3 Å². The maximum Gasteiger partial charge on any atom is 0.343 e. The Kier molecular flexibility index (Phi) is 23.4. The van der Waals surface area contributed by atoms with Gasteiger partial charge in [-0.15, -0.1) is 0 Å². The van der Waals surface area contributed by atoms with Crippen LogP contribution in [0, 0.1) is 12.7 Å². The van der Waals surface area contributed by atoms with E-state index in [2.05, 4.69) is 42.5 Å². The molecule has 0 unspecified atom stereocenters. The lowest BCUT2D eigenvalue weighted by Crippen LogP contribution is -2.55. The van der Waals surface area contributed by atoms with Gasteiger partial charge in [-0.05, 0) is 112 Å².